The Kier molecular flexibility index (Phi) is 3.87. The third kappa shape index (κ3) is 3.68. The molecule has 0 spiro atoms. The molecule has 1 aromatic rings. The lowest BCUT2D eigenvalue weighted by molar-refractivity contribution is 0.576. The highest BCUT2D eigenvalue weighted by molar-refractivity contribution is 7.93. The molecule has 1 unspecified atom stereocenters. The maximum Gasteiger partial charge on any atom is 0.236 e. The lowest BCUT2D eigenvalue weighted by atomic mass is 10.3. The Morgan fingerprint density at radius 3 is 2.50 bits per heavy atom. The second-order valence-corrected chi connectivity index (χ2v) is 6.75. The zero-order valence-electron chi connectivity index (χ0n) is 10.2. The Bertz CT molecular complexity index is 497. The van der Waals surface area contributed by atoms with Crippen molar-refractivity contribution in [3.63, 3.8) is 0 Å². The minimum atomic E-state index is -3.43. The van der Waals surface area contributed by atoms with Crippen LogP contribution in [0.3, 0.4) is 0 Å². The van der Waals surface area contributed by atoms with Crippen LogP contribution in [0.15, 0.2) is 24.3 Å². The van der Waals surface area contributed by atoms with E-state index in [1.54, 1.807) is 6.92 Å². The van der Waals surface area contributed by atoms with Gasteiger partial charge in [-0.2, -0.15) is 0 Å². The fourth-order valence-corrected chi connectivity index (χ4v) is 2.49. The Morgan fingerprint density at radius 1 is 1.33 bits per heavy atom. The molecular formula is C12H17FN2O2S. The smallest absolute Gasteiger partial charge is 0.236 e. The van der Waals surface area contributed by atoms with Crippen LogP contribution in [-0.2, 0) is 10.0 Å². The number of halogens is 1. The monoisotopic (exact) mass is 272 g/mol. The van der Waals surface area contributed by atoms with Crippen molar-refractivity contribution in [2.75, 3.05) is 11.3 Å². The maximum absolute atomic E-state index is 12.7. The molecule has 2 N–H and O–H groups in total. The van der Waals surface area contributed by atoms with Gasteiger partial charge in [-0.05, 0) is 44.0 Å². The van der Waals surface area contributed by atoms with Gasteiger partial charge in [-0.3, -0.25) is 4.72 Å². The van der Waals surface area contributed by atoms with Crippen LogP contribution in [-0.4, -0.2) is 26.3 Å². The van der Waals surface area contributed by atoms with E-state index < -0.39 is 15.3 Å². The standard InChI is InChI=1S/C12H17FN2O2S/c1-9(8-14-11-6-7-11)18(16,17)15-12-4-2-10(13)3-5-12/h2-5,9,11,14-15H,6-8H2,1H3. The van der Waals surface area contributed by atoms with Gasteiger partial charge in [-0.25, -0.2) is 12.8 Å². The second-order valence-electron chi connectivity index (χ2n) is 4.65. The van der Waals surface area contributed by atoms with E-state index in [1.165, 1.54) is 24.3 Å². The van der Waals surface area contributed by atoms with Crippen molar-refractivity contribution in [3.8, 4) is 0 Å². The molecule has 1 atom stereocenters. The summed E-state index contributed by atoms with van der Waals surface area (Å²) < 4.78 is 39.1. The van der Waals surface area contributed by atoms with Gasteiger partial charge in [0.1, 0.15) is 5.82 Å². The highest BCUT2D eigenvalue weighted by Crippen LogP contribution is 2.19. The molecule has 0 amide bonds. The van der Waals surface area contributed by atoms with Crippen molar-refractivity contribution < 1.29 is 12.8 Å². The normalized spacial score (nSPS) is 17.4. The van der Waals surface area contributed by atoms with Crippen LogP contribution in [0.2, 0.25) is 0 Å². The van der Waals surface area contributed by atoms with Crippen molar-refractivity contribution in [1.29, 1.82) is 0 Å². The fraction of sp³-hybridized carbons (Fsp3) is 0.500. The molecule has 0 aliphatic heterocycles. The first-order chi connectivity index (χ1) is 8.47. The highest BCUT2D eigenvalue weighted by atomic mass is 32.2. The predicted octanol–water partition coefficient (Wildman–Crippen LogP) is 1.71. The molecule has 0 radical (unpaired) electrons. The molecule has 0 bridgehead atoms. The third-order valence-electron chi connectivity index (χ3n) is 2.91. The summed E-state index contributed by atoms with van der Waals surface area (Å²) in [5.74, 6) is -0.388. The summed E-state index contributed by atoms with van der Waals surface area (Å²) in [6.45, 7) is 2.09. The van der Waals surface area contributed by atoms with Gasteiger partial charge < -0.3 is 5.32 Å². The third-order valence-corrected chi connectivity index (χ3v) is 4.65. The fourth-order valence-electron chi connectivity index (χ4n) is 1.51. The van der Waals surface area contributed by atoms with Crippen LogP contribution in [0.25, 0.3) is 0 Å². The topological polar surface area (TPSA) is 58.2 Å². The van der Waals surface area contributed by atoms with Crippen molar-refractivity contribution in [3.05, 3.63) is 30.1 Å². The summed E-state index contributed by atoms with van der Waals surface area (Å²) in [4.78, 5) is 0. The lowest BCUT2D eigenvalue weighted by Crippen LogP contribution is -2.35. The molecule has 2 rings (SSSR count). The molecular weight excluding hydrogens is 255 g/mol. The molecule has 6 heteroatoms. The van der Waals surface area contributed by atoms with E-state index in [4.69, 9.17) is 0 Å². The Hall–Kier alpha value is -1.14. The van der Waals surface area contributed by atoms with Gasteiger partial charge >= 0.3 is 0 Å². The van der Waals surface area contributed by atoms with Crippen molar-refractivity contribution in [2.24, 2.45) is 0 Å². The molecule has 1 saturated carbocycles. The molecule has 1 aliphatic carbocycles. The van der Waals surface area contributed by atoms with Crippen LogP contribution in [0, 0.1) is 5.82 Å². The van der Waals surface area contributed by atoms with E-state index in [2.05, 4.69) is 10.0 Å². The van der Waals surface area contributed by atoms with Crippen LogP contribution in [0.5, 0.6) is 0 Å². The highest BCUT2D eigenvalue weighted by Gasteiger charge is 2.25. The number of hydrogen-bond donors (Lipinski definition) is 2. The van der Waals surface area contributed by atoms with Gasteiger partial charge in [0.2, 0.25) is 10.0 Å². The van der Waals surface area contributed by atoms with Crippen LogP contribution in [0.1, 0.15) is 19.8 Å². The SMILES string of the molecule is CC(CNC1CC1)S(=O)(=O)Nc1ccc(F)cc1. The maximum atomic E-state index is 12.7. The molecule has 18 heavy (non-hydrogen) atoms. The van der Waals surface area contributed by atoms with Gasteiger partial charge in [0.15, 0.2) is 0 Å². The Morgan fingerprint density at radius 2 is 1.94 bits per heavy atom. The summed E-state index contributed by atoms with van der Waals surface area (Å²) >= 11 is 0. The first-order valence-electron chi connectivity index (χ1n) is 5.98. The zero-order valence-corrected chi connectivity index (χ0v) is 11.0. The number of anilines is 1. The number of benzene rings is 1. The molecule has 4 nitrogen and oxygen atoms in total. The van der Waals surface area contributed by atoms with E-state index >= 15 is 0 Å². The van der Waals surface area contributed by atoms with E-state index in [9.17, 15) is 12.8 Å². The second kappa shape index (κ2) is 5.24. The number of rotatable bonds is 6. The average molecular weight is 272 g/mol. The van der Waals surface area contributed by atoms with Gasteiger partial charge in [0.05, 0.1) is 5.25 Å². The summed E-state index contributed by atoms with van der Waals surface area (Å²) in [5, 5.41) is 2.65. The summed E-state index contributed by atoms with van der Waals surface area (Å²) in [7, 11) is -3.43. The molecule has 100 valence electrons. The van der Waals surface area contributed by atoms with Crippen molar-refractivity contribution in [2.45, 2.75) is 31.1 Å². The Balaban J connectivity index is 1.94. The summed E-state index contributed by atoms with van der Waals surface area (Å²) in [5.41, 5.74) is 0.384. The molecule has 1 aliphatic rings. The average Bonchev–Trinajstić information content (AvgIpc) is 3.12. The molecule has 0 heterocycles. The summed E-state index contributed by atoms with van der Waals surface area (Å²) in [6.07, 6.45) is 2.25. The molecule has 0 saturated heterocycles. The quantitative estimate of drug-likeness (QED) is 0.829. The zero-order chi connectivity index (χ0) is 13.2. The number of hydrogen-bond acceptors (Lipinski definition) is 3. The van der Waals surface area contributed by atoms with E-state index in [1.807, 2.05) is 0 Å². The first kappa shape index (κ1) is 13.3. The molecule has 1 aromatic carbocycles. The summed E-state index contributed by atoms with van der Waals surface area (Å²) in [6, 6.07) is 5.76. The van der Waals surface area contributed by atoms with Gasteiger partial charge in [0, 0.05) is 18.3 Å². The van der Waals surface area contributed by atoms with Gasteiger partial charge in [0.25, 0.3) is 0 Å². The first-order valence-corrected chi connectivity index (χ1v) is 7.52. The van der Waals surface area contributed by atoms with Gasteiger partial charge in [-0.15, -0.1) is 0 Å². The van der Waals surface area contributed by atoms with Crippen LogP contribution in [0.4, 0.5) is 10.1 Å². The minimum absolute atomic E-state index is 0.384. The Labute approximate surface area is 107 Å². The van der Waals surface area contributed by atoms with E-state index in [-0.39, 0.29) is 5.82 Å². The van der Waals surface area contributed by atoms with Crippen LogP contribution >= 0.6 is 0 Å². The van der Waals surface area contributed by atoms with Crippen molar-refractivity contribution >= 4 is 15.7 Å². The van der Waals surface area contributed by atoms with Gasteiger partial charge in [-0.1, -0.05) is 0 Å². The van der Waals surface area contributed by atoms with Crippen molar-refractivity contribution in [1.82, 2.24) is 5.32 Å². The minimum Gasteiger partial charge on any atom is -0.313 e. The number of nitrogens with one attached hydrogen (secondary N) is 2. The van der Waals surface area contributed by atoms with E-state index in [0.29, 0.717) is 18.3 Å². The van der Waals surface area contributed by atoms with Crippen LogP contribution < -0.4 is 10.0 Å². The molecule has 1 fully saturated rings. The predicted molar refractivity (Wildman–Crippen MR) is 69.4 cm³/mol. The largest absolute Gasteiger partial charge is 0.313 e. The number of sulfonamides is 1. The molecule has 0 aromatic heterocycles. The van der Waals surface area contributed by atoms with E-state index in [0.717, 1.165) is 12.8 Å². The lowest BCUT2D eigenvalue weighted by Gasteiger charge is -2.15.